The van der Waals surface area contributed by atoms with Crippen molar-refractivity contribution in [2.75, 3.05) is 0 Å². The lowest BCUT2D eigenvalue weighted by Gasteiger charge is -2.13. The number of hydrogen-bond acceptors (Lipinski definition) is 2. The molecule has 0 saturated heterocycles. The van der Waals surface area contributed by atoms with E-state index in [-0.39, 0.29) is 6.04 Å². The third kappa shape index (κ3) is 2.56. The topological polar surface area (TPSA) is 38.9 Å². The monoisotopic (exact) mass is 218 g/mol. The molecule has 0 saturated carbocycles. The van der Waals surface area contributed by atoms with E-state index in [0.717, 1.165) is 18.4 Å². The zero-order valence-corrected chi connectivity index (χ0v) is 8.94. The van der Waals surface area contributed by atoms with Crippen LogP contribution in [0.1, 0.15) is 31.4 Å². The Balaban J connectivity index is 2.98. The largest absolute Gasteiger partial charge is 0.324 e. The van der Waals surface area contributed by atoms with Crippen molar-refractivity contribution in [3.8, 4) is 0 Å². The average molecular weight is 219 g/mol. The van der Waals surface area contributed by atoms with E-state index >= 15 is 0 Å². The molecule has 4 heteroatoms. The number of aromatic nitrogens is 1. The third-order valence-electron chi connectivity index (χ3n) is 1.86. The molecule has 0 radical (unpaired) electrons. The van der Waals surface area contributed by atoms with Crippen LogP contribution in [0.15, 0.2) is 12.4 Å². The highest BCUT2D eigenvalue weighted by molar-refractivity contribution is 6.35. The second kappa shape index (κ2) is 4.80. The fraction of sp³-hybridized carbons (Fsp3) is 0.444. The Kier molecular flexibility index (Phi) is 3.97. The number of pyridine rings is 1. The van der Waals surface area contributed by atoms with Gasteiger partial charge in [-0.15, -0.1) is 0 Å². The van der Waals surface area contributed by atoms with E-state index in [4.69, 9.17) is 28.9 Å². The van der Waals surface area contributed by atoms with Crippen molar-refractivity contribution in [2.24, 2.45) is 5.73 Å². The molecule has 0 amide bonds. The molecule has 0 aliphatic heterocycles. The molecular formula is C9H12Cl2N2. The van der Waals surface area contributed by atoms with Gasteiger partial charge < -0.3 is 5.73 Å². The molecule has 1 rings (SSSR count). The summed E-state index contributed by atoms with van der Waals surface area (Å²) < 4.78 is 0. The van der Waals surface area contributed by atoms with Crippen LogP contribution in [0, 0.1) is 0 Å². The first-order chi connectivity index (χ1) is 6.16. The quantitative estimate of drug-likeness (QED) is 0.847. The van der Waals surface area contributed by atoms with E-state index < -0.39 is 0 Å². The van der Waals surface area contributed by atoms with Crippen LogP contribution in [-0.4, -0.2) is 4.98 Å². The van der Waals surface area contributed by atoms with Gasteiger partial charge >= 0.3 is 0 Å². The van der Waals surface area contributed by atoms with Gasteiger partial charge in [-0.25, -0.2) is 0 Å². The Bertz CT molecular complexity index is 269. The van der Waals surface area contributed by atoms with Gasteiger partial charge in [-0.1, -0.05) is 36.5 Å². The van der Waals surface area contributed by atoms with Crippen LogP contribution in [0.3, 0.4) is 0 Å². The first kappa shape index (κ1) is 10.8. The second-order valence-corrected chi connectivity index (χ2v) is 3.73. The van der Waals surface area contributed by atoms with Crippen LogP contribution < -0.4 is 5.73 Å². The molecule has 0 aromatic carbocycles. The van der Waals surface area contributed by atoms with Gasteiger partial charge in [0.2, 0.25) is 0 Å². The van der Waals surface area contributed by atoms with Gasteiger partial charge in [-0.05, 0) is 6.42 Å². The molecule has 0 bridgehead atoms. The number of nitrogens with two attached hydrogens (primary N) is 1. The maximum absolute atomic E-state index is 5.93. The highest BCUT2D eigenvalue weighted by Crippen LogP contribution is 2.29. The van der Waals surface area contributed by atoms with Gasteiger partial charge in [0.25, 0.3) is 0 Å². The molecule has 1 aromatic rings. The molecule has 72 valence electrons. The van der Waals surface area contributed by atoms with Crippen molar-refractivity contribution in [1.82, 2.24) is 4.98 Å². The molecule has 13 heavy (non-hydrogen) atoms. The van der Waals surface area contributed by atoms with Gasteiger partial charge in [-0.3, -0.25) is 4.98 Å². The lowest BCUT2D eigenvalue weighted by atomic mass is 10.0. The lowest BCUT2D eigenvalue weighted by molar-refractivity contribution is 0.638. The molecule has 0 unspecified atom stereocenters. The number of nitrogens with zero attached hydrogens (tertiary/aromatic N) is 1. The van der Waals surface area contributed by atoms with Crippen LogP contribution in [0.4, 0.5) is 0 Å². The molecule has 1 aromatic heterocycles. The average Bonchev–Trinajstić information content (AvgIpc) is 2.04. The van der Waals surface area contributed by atoms with E-state index in [1.165, 1.54) is 0 Å². The lowest BCUT2D eigenvalue weighted by Crippen LogP contribution is -2.11. The van der Waals surface area contributed by atoms with Crippen molar-refractivity contribution in [2.45, 2.75) is 25.8 Å². The fourth-order valence-corrected chi connectivity index (χ4v) is 1.88. The minimum absolute atomic E-state index is 0.0898. The molecule has 0 aliphatic rings. The number of hydrogen-bond donors (Lipinski definition) is 1. The maximum atomic E-state index is 5.93. The Hall–Kier alpha value is -0.310. The fourth-order valence-electron chi connectivity index (χ4n) is 1.23. The van der Waals surface area contributed by atoms with Crippen LogP contribution in [0.5, 0.6) is 0 Å². The summed E-state index contributed by atoms with van der Waals surface area (Å²) in [4.78, 5) is 3.87. The first-order valence-corrected chi connectivity index (χ1v) is 4.97. The zero-order valence-electron chi connectivity index (χ0n) is 7.43. The molecule has 0 spiro atoms. The Morgan fingerprint density at radius 2 is 1.92 bits per heavy atom. The smallest absolute Gasteiger partial charge is 0.0651 e. The predicted molar refractivity (Wildman–Crippen MR) is 56.1 cm³/mol. The normalized spacial score (nSPS) is 12.9. The maximum Gasteiger partial charge on any atom is 0.0651 e. The predicted octanol–water partition coefficient (Wildman–Crippen LogP) is 3.19. The summed E-state index contributed by atoms with van der Waals surface area (Å²) in [5, 5.41) is 1.10. The van der Waals surface area contributed by atoms with Gasteiger partial charge in [0.1, 0.15) is 0 Å². The number of halogens is 2. The summed E-state index contributed by atoms with van der Waals surface area (Å²) in [6.07, 6.45) is 5.02. The van der Waals surface area contributed by atoms with E-state index in [9.17, 15) is 0 Å². The summed E-state index contributed by atoms with van der Waals surface area (Å²) in [7, 11) is 0. The Morgan fingerprint density at radius 3 is 2.38 bits per heavy atom. The van der Waals surface area contributed by atoms with E-state index in [0.29, 0.717) is 10.0 Å². The van der Waals surface area contributed by atoms with E-state index in [1.54, 1.807) is 12.4 Å². The van der Waals surface area contributed by atoms with Crippen LogP contribution in [-0.2, 0) is 0 Å². The van der Waals surface area contributed by atoms with Crippen molar-refractivity contribution in [3.05, 3.63) is 28.0 Å². The second-order valence-electron chi connectivity index (χ2n) is 2.91. The Morgan fingerprint density at radius 1 is 1.38 bits per heavy atom. The highest BCUT2D eigenvalue weighted by atomic mass is 35.5. The van der Waals surface area contributed by atoms with Crippen molar-refractivity contribution < 1.29 is 0 Å². The first-order valence-electron chi connectivity index (χ1n) is 4.21. The van der Waals surface area contributed by atoms with Gasteiger partial charge in [0.15, 0.2) is 0 Å². The molecule has 1 heterocycles. The van der Waals surface area contributed by atoms with E-state index in [2.05, 4.69) is 11.9 Å². The standard InChI is InChI=1S/C9H12Cl2N2/c1-2-3-8(12)9-6(10)4-13-5-7(9)11/h4-5,8H,2-3,12H2,1H3/t8-/m0/s1. The summed E-state index contributed by atoms with van der Waals surface area (Å²) >= 11 is 11.9. The molecule has 0 fully saturated rings. The molecule has 0 aliphatic carbocycles. The van der Waals surface area contributed by atoms with Crippen LogP contribution in [0.25, 0.3) is 0 Å². The Labute approximate surface area is 88.1 Å². The molecular weight excluding hydrogens is 207 g/mol. The molecule has 2 N–H and O–H groups in total. The highest BCUT2D eigenvalue weighted by Gasteiger charge is 2.13. The van der Waals surface area contributed by atoms with Crippen LogP contribution in [0.2, 0.25) is 10.0 Å². The minimum Gasteiger partial charge on any atom is -0.324 e. The van der Waals surface area contributed by atoms with Crippen molar-refractivity contribution in [1.29, 1.82) is 0 Å². The van der Waals surface area contributed by atoms with Gasteiger partial charge in [0, 0.05) is 24.0 Å². The van der Waals surface area contributed by atoms with Crippen LogP contribution >= 0.6 is 23.2 Å². The summed E-state index contributed by atoms with van der Waals surface area (Å²) in [5.41, 5.74) is 6.72. The van der Waals surface area contributed by atoms with Crippen molar-refractivity contribution in [3.63, 3.8) is 0 Å². The number of rotatable bonds is 3. The van der Waals surface area contributed by atoms with E-state index in [1.807, 2.05) is 0 Å². The van der Waals surface area contributed by atoms with Gasteiger partial charge in [0.05, 0.1) is 10.0 Å². The third-order valence-corrected chi connectivity index (χ3v) is 2.46. The van der Waals surface area contributed by atoms with Gasteiger partial charge in [-0.2, -0.15) is 0 Å². The SMILES string of the molecule is CCC[C@H](N)c1c(Cl)cncc1Cl. The van der Waals surface area contributed by atoms with Crippen molar-refractivity contribution >= 4 is 23.2 Å². The molecule has 2 nitrogen and oxygen atoms in total. The summed E-state index contributed by atoms with van der Waals surface area (Å²) in [6, 6.07) is -0.0898. The molecule has 1 atom stereocenters. The summed E-state index contributed by atoms with van der Waals surface area (Å²) in [5.74, 6) is 0. The summed E-state index contributed by atoms with van der Waals surface area (Å²) in [6.45, 7) is 2.07. The minimum atomic E-state index is -0.0898. The zero-order chi connectivity index (χ0) is 9.84.